The van der Waals surface area contributed by atoms with Gasteiger partial charge < -0.3 is 4.90 Å². The monoisotopic (exact) mass is 234 g/mol. The quantitative estimate of drug-likeness (QED) is 0.660. The van der Waals surface area contributed by atoms with Crippen LogP contribution < -0.4 is 16.1 Å². The zero-order chi connectivity index (χ0) is 12.6. The van der Waals surface area contributed by atoms with Crippen molar-refractivity contribution in [3.8, 4) is 6.07 Å². The maximum absolute atomic E-state index is 11.9. The molecule has 1 aromatic heterocycles. The van der Waals surface area contributed by atoms with E-state index >= 15 is 0 Å². The molecule has 0 radical (unpaired) electrons. The fourth-order valence-electron chi connectivity index (χ4n) is 2.23. The Kier molecular flexibility index (Phi) is 2.76. The number of anilines is 1. The average Bonchev–Trinajstić information content (AvgIpc) is 2.84. The Bertz CT molecular complexity index is 600. The lowest BCUT2D eigenvalue weighted by molar-refractivity contribution is 0.669. The van der Waals surface area contributed by atoms with E-state index in [-0.39, 0.29) is 5.56 Å². The molecule has 2 rings (SSSR count). The predicted octanol–water partition coefficient (Wildman–Crippen LogP) is -0.444. The van der Waals surface area contributed by atoms with Crippen LogP contribution in [-0.2, 0) is 14.1 Å². The van der Waals surface area contributed by atoms with E-state index in [1.807, 2.05) is 11.0 Å². The van der Waals surface area contributed by atoms with Gasteiger partial charge in [-0.25, -0.2) is 4.79 Å². The smallest absolute Gasteiger partial charge is 0.332 e. The molecule has 2 heterocycles. The summed E-state index contributed by atoms with van der Waals surface area (Å²) >= 11 is 0. The summed E-state index contributed by atoms with van der Waals surface area (Å²) in [5.74, 6) is 0.457. The predicted molar refractivity (Wildman–Crippen MR) is 63.1 cm³/mol. The SMILES string of the molecule is Cn1c(N2CCCC2)c(C#N)c(=O)n(C)c1=O. The molecule has 0 saturated carbocycles. The van der Waals surface area contributed by atoms with Crippen molar-refractivity contribution in [3.63, 3.8) is 0 Å². The second-order valence-electron chi connectivity index (χ2n) is 4.21. The Morgan fingerprint density at radius 1 is 1.12 bits per heavy atom. The van der Waals surface area contributed by atoms with Crippen LogP contribution in [0.2, 0.25) is 0 Å². The van der Waals surface area contributed by atoms with Gasteiger partial charge in [0.1, 0.15) is 11.9 Å². The fourth-order valence-corrected chi connectivity index (χ4v) is 2.23. The summed E-state index contributed by atoms with van der Waals surface area (Å²) in [7, 11) is 2.98. The van der Waals surface area contributed by atoms with Crippen LogP contribution in [0.1, 0.15) is 18.4 Å². The van der Waals surface area contributed by atoms with Crippen molar-refractivity contribution >= 4 is 5.82 Å². The van der Waals surface area contributed by atoms with E-state index in [0.29, 0.717) is 5.82 Å². The van der Waals surface area contributed by atoms with Crippen molar-refractivity contribution in [2.24, 2.45) is 14.1 Å². The molecule has 1 aliphatic heterocycles. The summed E-state index contributed by atoms with van der Waals surface area (Å²) in [4.78, 5) is 25.6. The maximum Gasteiger partial charge on any atom is 0.332 e. The fraction of sp³-hybridized carbons (Fsp3) is 0.545. The van der Waals surface area contributed by atoms with Crippen molar-refractivity contribution in [1.29, 1.82) is 5.26 Å². The van der Waals surface area contributed by atoms with Gasteiger partial charge in [-0.15, -0.1) is 0 Å². The van der Waals surface area contributed by atoms with E-state index in [1.54, 1.807) is 7.05 Å². The van der Waals surface area contributed by atoms with E-state index in [0.717, 1.165) is 30.5 Å². The minimum atomic E-state index is -0.516. The zero-order valence-corrected chi connectivity index (χ0v) is 9.93. The maximum atomic E-state index is 11.9. The normalized spacial score (nSPS) is 15.0. The molecule has 1 aliphatic rings. The molecule has 0 unspecified atom stereocenters. The molecule has 0 atom stereocenters. The van der Waals surface area contributed by atoms with Crippen molar-refractivity contribution in [3.05, 3.63) is 26.4 Å². The first-order valence-corrected chi connectivity index (χ1v) is 5.53. The minimum absolute atomic E-state index is 0.0523. The van der Waals surface area contributed by atoms with Gasteiger partial charge in [-0.1, -0.05) is 0 Å². The molecule has 0 aliphatic carbocycles. The van der Waals surface area contributed by atoms with Crippen molar-refractivity contribution < 1.29 is 0 Å². The van der Waals surface area contributed by atoms with Crippen molar-refractivity contribution in [2.45, 2.75) is 12.8 Å². The van der Waals surface area contributed by atoms with Gasteiger partial charge in [-0.2, -0.15) is 5.26 Å². The molecule has 1 aromatic rings. The summed E-state index contributed by atoms with van der Waals surface area (Å²) < 4.78 is 2.35. The highest BCUT2D eigenvalue weighted by Gasteiger charge is 2.22. The number of nitriles is 1. The molecule has 6 nitrogen and oxygen atoms in total. The van der Waals surface area contributed by atoms with Gasteiger partial charge in [0.15, 0.2) is 5.56 Å². The van der Waals surface area contributed by atoms with Gasteiger partial charge in [0.25, 0.3) is 5.56 Å². The number of aromatic nitrogens is 2. The number of nitrogens with zero attached hydrogens (tertiary/aromatic N) is 4. The van der Waals surface area contributed by atoms with Gasteiger partial charge in [0, 0.05) is 27.2 Å². The molecule has 1 saturated heterocycles. The molecular formula is C11H14N4O2. The molecular weight excluding hydrogens is 220 g/mol. The third kappa shape index (κ3) is 1.64. The standard InChI is InChI=1S/C11H14N4O2/c1-13-9(15-5-3-4-6-15)8(7-12)10(16)14(2)11(13)17/h3-6H2,1-2H3. The van der Waals surface area contributed by atoms with Gasteiger partial charge in [-0.05, 0) is 12.8 Å². The van der Waals surface area contributed by atoms with Crippen LogP contribution >= 0.6 is 0 Å². The van der Waals surface area contributed by atoms with Crippen LogP contribution in [0.25, 0.3) is 0 Å². The summed E-state index contributed by atoms with van der Waals surface area (Å²) in [6.07, 6.45) is 2.04. The lowest BCUT2D eigenvalue weighted by Gasteiger charge is -2.21. The number of hydrogen-bond acceptors (Lipinski definition) is 4. The third-order valence-electron chi connectivity index (χ3n) is 3.15. The number of hydrogen-bond donors (Lipinski definition) is 0. The lowest BCUT2D eigenvalue weighted by atomic mass is 10.3. The third-order valence-corrected chi connectivity index (χ3v) is 3.15. The summed E-state index contributed by atoms with van der Waals surface area (Å²) in [5.41, 5.74) is -0.857. The van der Waals surface area contributed by atoms with E-state index in [1.165, 1.54) is 11.6 Å². The Hall–Kier alpha value is -2.03. The molecule has 17 heavy (non-hydrogen) atoms. The van der Waals surface area contributed by atoms with Gasteiger partial charge in [0.05, 0.1) is 0 Å². The van der Waals surface area contributed by atoms with Gasteiger partial charge in [0.2, 0.25) is 0 Å². The average molecular weight is 234 g/mol. The molecule has 90 valence electrons. The Morgan fingerprint density at radius 2 is 1.71 bits per heavy atom. The van der Waals surface area contributed by atoms with Crippen LogP contribution in [0.3, 0.4) is 0 Å². The highest BCUT2D eigenvalue weighted by Crippen LogP contribution is 2.19. The summed E-state index contributed by atoms with van der Waals surface area (Å²) in [6, 6.07) is 1.91. The topological polar surface area (TPSA) is 71.0 Å². The second kappa shape index (κ2) is 4.09. The highest BCUT2D eigenvalue weighted by atomic mass is 16.2. The van der Waals surface area contributed by atoms with E-state index in [9.17, 15) is 9.59 Å². The van der Waals surface area contributed by atoms with Gasteiger partial charge >= 0.3 is 5.69 Å². The Balaban J connectivity index is 2.78. The van der Waals surface area contributed by atoms with Crippen LogP contribution in [0.15, 0.2) is 9.59 Å². The Morgan fingerprint density at radius 3 is 2.24 bits per heavy atom. The molecule has 0 bridgehead atoms. The largest absolute Gasteiger partial charge is 0.357 e. The summed E-state index contributed by atoms with van der Waals surface area (Å²) in [5, 5.41) is 9.09. The Labute approximate surface area is 98.3 Å². The first kappa shape index (κ1) is 11.5. The van der Waals surface area contributed by atoms with Crippen LogP contribution in [-0.4, -0.2) is 22.2 Å². The highest BCUT2D eigenvalue weighted by molar-refractivity contribution is 5.53. The molecule has 0 N–H and O–H groups in total. The molecule has 0 aromatic carbocycles. The molecule has 1 fully saturated rings. The minimum Gasteiger partial charge on any atom is -0.357 e. The van der Waals surface area contributed by atoms with E-state index in [4.69, 9.17) is 5.26 Å². The van der Waals surface area contributed by atoms with Crippen LogP contribution in [0, 0.1) is 11.3 Å². The lowest BCUT2D eigenvalue weighted by Crippen LogP contribution is -2.42. The first-order valence-electron chi connectivity index (χ1n) is 5.53. The van der Waals surface area contributed by atoms with Crippen LogP contribution in [0.4, 0.5) is 5.82 Å². The molecule has 0 spiro atoms. The zero-order valence-electron chi connectivity index (χ0n) is 9.93. The van der Waals surface area contributed by atoms with Crippen molar-refractivity contribution in [1.82, 2.24) is 9.13 Å². The number of rotatable bonds is 1. The van der Waals surface area contributed by atoms with Crippen molar-refractivity contribution in [2.75, 3.05) is 18.0 Å². The molecule has 0 amide bonds. The van der Waals surface area contributed by atoms with E-state index < -0.39 is 11.2 Å². The summed E-state index contributed by atoms with van der Waals surface area (Å²) in [6.45, 7) is 1.57. The molecule has 6 heteroatoms. The van der Waals surface area contributed by atoms with Crippen LogP contribution in [0.5, 0.6) is 0 Å². The van der Waals surface area contributed by atoms with E-state index in [2.05, 4.69) is 0 Å². The second-order valence-corrected chi connectivity index (χ2v) is 4.21. The first-order chi connectivity index (χ1) is 8.07. The van der Waals surface area contributed by atoms with Gasteiger partial charge in [-0.3, -0.25) is 13.9 Å².